The number of anilines is 2. The monoisotopic (exact) mass is 638 g/mol. The molecule has 0 saturated heterocycles. The highest BCUT2D eigenvalue weighted by Gasteiger charge is 2.16. The summed E-state index contributed by atoms with van der Waals surface area (Å²) in [7, 11) is 0. The summed E-state index contributed by atoms with van der Waals surface area (Å²) >= 11 is 6.79. The Kier molecular flexibility index (Phi) is 6.97. The smallest absolute Gasteiger partial charge is 0.254 e. The topological polar surface area (TPSA) is 175 Å². The minimum atomic E-state index is 0.341. The van der Waals surface area contributed by atoms with Gasteiger partial charge in [0.15, 0.2) is 11.6 Å². The maximum atomic E-state index is 5.94. The van der Waals surface area contributed by atoms with Crippen molar-refractivity contribution in [3.05, 3.63) is 82.0 Å². The van der Waals surface area contributed by atoms with E-state index in [9.17, 15) is 0 Å². The first-order valence-corrected chi connectivity index (χ1v) is 12.6. The third-order valence-corrected chi connectivity index (χ3v) is 6.59. The first-order valence-electron chi connectivity index (χ1n) is 11.0. The predicted molar refractivity (Wildman–Crippen MR) is 146 cm³/mol. The van der Waals surface area contributed by atoms with Crippen molar-refractivity contribution in [3.8, 4) is 23.5 Å². The summed E-state index contributed by atoms with van der Waals surface area (Å²) in [5.41, 5.74) is 13.7. The molecule has 0 spiro atoms. The van der Waals surface area contributed by atoms with Crippen LogP contribution in [0.3, 0.4) is 0 Å². The maximum Gasteiger partial charge on any atom is 0.254 e. The van der Waals surface area contributed by atoms with Crippen LogP contribution < -0.4 is 11.5 Å². The van der Waals surface area contributed by atoms with Gasteiger partial charge in [0.1, 0.15) is 26.9 Å². The van der Waals surface area contributed by atoms with E-state index in [1.807, 2.05) is 19.9 Å². The summed E-state index contributed by atoms with van der Waals surface area (Å²) in [4.78, 5) is 21.3. The molecule has 0 saturated carbocycles. The van der Waals surface area contributed by atoms with Gasteiger partial charge in [0, 0.05) is 42.9 Å². The number of aryl methyl sites for hydroxylation is 2. The molecule has 0 bridgehead atoms. The van der Waals surface area contributed by atoms with Gasteiger partial charge in [0.05, 0.1) is 5.69 Å². The molecule has 0 aliphatic carbocycles. The quantitative estimate of drug-likeness (QED) is 0.292. The summed E-state index contributed by atoms with van der Waals surface area (Å²) in [6, 6.07) is 5.56. The number of rotatable bonds is 4. The van der Waals surface area contributed by atoms with E-state index in [2.05, 4.69) is 72.1 Å². The molecule has 6 rings (SSSR count). The molecule has 16 heteroatoms. The van der Waals surface area contributed by atoms with Gasteiger partial charge in [-0.05, 0) is 63.9 Å². The van der Waals surface area contributed by atoms with E-state index in [0.29, 0.717) is 44.1 Å². The Hall–Kier alpha value is -4.44. The van der Waals surface area contributed by atoms with Gasteiger partial charge in [-0.15, -0.1) is 0 Å². The second kappa shape index (κ2) is 10.5. The van der Waals surface area contributed by atoms with Gasteiger partial charge < -0.3 is 11.5 Å². The van der Waals surface area contributed by atoms with E-state index in [4.69, 9.17) is 11.5 Å². The Labute approximate surface area is 232 Å². The fourth-order valence-electron chi connectivity index (χ4n) is 3.40. The Morgan fingerprint density at radius 2 is 1.32 bits per heavy atom. The average Bonchev–Trinajstić information content (AvgIpc) is 3.71. The summed E-state index contributed by atoms with van der Waals surface area (Å²) in [5.74, 6) is 2.70. The Bertz CT molecular complexity index is 1670. The molecule has 0 aromatic carbocycles. The maximum absolute atomic E-state index is 5.94. The molecular formula is C22H20Br2N14. The molecule has 0 aliphatic rings. The van der Waals surface area contributed by atoms with Gasteiger partial charge in [-0.25, -0.2) is 19.0 Å². The molecule has 6 aromatic rings. The second-order valence-electron chi connectivity index (χ2n) is 7.80. The SMILES string of the molecule is Cc1cc(C)n(-c2nc(-n3cccn3)nc(N)c2Br)n1.Nc1nc(-n2cccn2)nc(-n2ccnc2)c1Br. The lowest BCUT2D eigenvalue weighted by atomic mass is 10.4. The van der Waals surface area contributed by atoms with E-state index >= 15 is 0 Å². The lowest BCUT2D eigenvalue weighted by molar-refractivity contribution is 0.758. The van der Waals surface area contributed by atoms with Gasteiger partial charge in [-0.2, -0.15) is 35.2 Å². The lowest BCUT2D eigenvalue weighted by Crippen LogP contribution is -2.11. The normalized spacial score (nSPS) is 10.8. The van der Waals surface area contributed by atoms with Gasteiger partial charge in [0.2, 0.25) is 0 Å². The van der Waals surface area contributed by atoms with Crippen molar-refractivity contribution >= 4 is 43.5 Å². The predicted octanol–water partition coefficient (Wildman–Crippen LogP) is 3.00. The van der Waals surface area contributed by atoms with Crippen LogP contribution in [-0.4, -0.2) is 58.8 Å². The van der Waals surface area contributed by atoms with Gasteiger partial charge in [-0.3, -0.25) is 4.57 Å². The van der Waals surface area contributed by atoms with Crippen molar-refractivity contribution in [2.75, 3.05) is 11.5 Å². The van der Waals surface area contributed by atoms with Gasteiger partial charge in [-0.1, -0.05) is 0 Å². The summed E-state index contributed by atoms with van der Waals surface area (Å²) in [5, 5.41) is 12.6. The first kappa shape index (κ1) is 25.2. The number of aromatic nitrogens is 12. The van der Waals surface area contributed by atoms with Crippen molar-refractivity contribution in [1.82, 2.24) is 58.8 Å². The number of hydrogen-bond donors (Lipinski definition) is 2. The van der Waals surface area contributed by atoms with Crippen molar-refractivity contribution in [1.29, 1.82) is 0 Å². The fourth-order valence-corrected chi connectivity index (χ4v) is 4.13. The minimum Gasteiger partial charge on any atom is -0.383 e. The van der Waals surface area contributed by atoms with Crippen LogP contribution in [0.25, 0.3) is 23.5 Å². The lowest BCUT2D eigenvalue weighted by Gasteiger charge is -2.10. The van der Waals surface area contributed by atoms with Crippen molar-refractivity contribution < 1.29 is 0 Å². The van der Waals surface area contributed by atoms with Crippen LogP contribution in [-0.2, 0) is 0 Å². The third-order valence-electron chi connectivity index (χ3n) is 5.07. The Morgan fingerprint density at radius 3 is 1.79 bits per heavy atom. The van der Waals surface area contributed by atoms with Crippen LogP contribution in [0.1, 0.15) is 11.4 Å². The zero-order valence-electron chi connectivity index (χ0n) is 20.1. The van der Waals surface area contributed by atoms with E-state index in [1.54, 1.807) is 74.3 Å². The molecule has 0 amide bonds. The van der Waals surface area contributed by atoms with Crippen molar-refractivity contribution in [2.24, 2.45) is 0 Å². The third kappa shape index (κ3) is 5.03. The van der Waals surface area contributed by atoms with Crippen LogP contribution in [0.15, 0.2) is 70.7 Å². The fraction of sp³-hybridized carbons (Fsp3) is 0.0909. The molecule has 38 heavy (non-hydrogen) atoms. The van der Waals surface area contributed by atoms with Gasteiger partial charge >= 0.3 is 0 Å². The molecule has 6 aromatic heterocycles. The zero-order valence-corrected chi connectivity index (χ0v) is 23.2. The second-order valence-corrected chi connectivity index (χ2v) is 9.39. The van der Waals surface area contributed by atoms with E-state index in [0.717, 1.165) is 11.4 Å². The standard InChI is InChI=1S/C12H12BrN7.C10H8BrN7/c1-7-6-8(2)20(18-7)11-9(13)10(14)16-12(17-11)19-5-3-4-15-19;11-7-8(12)15-10(18-4-1-2-14-18)16-9(7)17-5-3-13-6-17/h3-6H,1-2H3,(H2,14,16,17);1-6H,(H2,12,15,16). The Balaban J connectivity index is 0.000000156. The number of hydrogen-bond acceptors (Lipinski definition) is 10. The molecule has 4 N–H and O–H groups in total. The number of nitrogens with zero attached hydrogens (tertiary/aromatic N) is 12. The number of nitrogen functional groups attached to an aromatic ring is 2. The molecule has 6 heterocycles. The summed E-state index contributed by atoms with van der Waals surface area (Å²) in [6.07, 6.45) is 11.9. The van der Waals surface area contributed by atoms with Crippen LogP contribution >= 0.6 is 31.9 Å². The van der Waals surface area contributed by atoms with Crippen molar-refractivity contribution in [3.63, 3.8) is 0 Å². The number of nitrogens with two attached hydrogens (primary N) is 2. The molecule has 0 radical (unpaired) electrons. The molecule has 192 valence electrons. The summed E-state index contributed by atoms with van der Waals surface area (Å²) < 4.78 is 7.80. The van der Waals surface area contributed by atoms with Gasteiger partial charge in [0.25, 0.3) is 11.9 Å². The Morgan fingerprint density at radius 1 is 0.737 bits per heavy atom. The largest absolute Gasteiger partial charge is 0.383 e. The van der Waals surface area contributed by atoms with Crippen LogP contribution in [0.5, 0.6) is 0 Å². The molecule has 0 unspecified atom stereocenters. The molecule has 0 atom stereocenters. The van der Waals surface area contributed by atoms with E-state index < -0.39 is 0 Å². The highest BCUT2D eigenvalue weighted by molar-refractivity contribution is 9.11. The molecule has 0 fully saturated rings. The van der Waals surface area contributed by atoms with E-state index in [1.165, 1.54) is 0 Å². The van der Waals surface area contributed by atoms with Crippen LogP contribution in [0.4, 0.5) is 11.6 Å². The highest BCUT2D eigenvalue weighted by Crippen LogP contribution is 2.26. The van der Waals surface area contributed by atoms with Crippen molar-refractivity contribution in [2.45, 2.75) is 13.8 Å². The average molecular weight is 640 g/mol. The molecule has 14 nitrogen and oxygen atoms in total. The molecule has 0 aliphatic heterocycles. The molecular weight excluding hydrogens is 620 g/mol. The van der Waals surface area contributed by atoms with E-state index in [-0.39, 0.29) is 0 Å². The zero-order chi connectivity index (χ0) is 26.8. The summed E-state index contributed by atoms with van der Waals surface area (Å²) in [6.45, 7) is 3.88. The number of halogens is 2. The number of imidazole rings is 1. The minimum absolute atomic E-state index is 0.341. The first-order chi connectivity index (χ1) is 18.3. The van der Waals surface area contributed by atoms with Crippen LogP contribution in [0, 0.1) is 13.8 Å². The van der Waals surface area contributed by atoms with Crippen LogP contribution in [0.2, 0.25) is 0 Å². The highest BCUT2D eigenvalue weighted by atomic mass is 79.9.